The van der Waals surface area contributed by atoms with E-state index in [-0.39, 0.29) is 5.02 Å². The van der Waals surface area contributed by atoms with Crippen molar-refractivity contribution in [1.29, 1.82) is 0 Å². The Morgan fingerprint density at radius 2 is 2.05 bits per heavy atom. The molecule has 0 saturated heterocycles. The molecule has 0 aliphatic heterocycles. The normalized spacial score (nSPS) is 16.5. The lowest BCUT2D eigenvalue weighted by molar-refractivity contribution is 0.294. The predicted octanol–water partition coefficient (Wildman–Crippen LogP) is 4.03. The van der Waals surface area contributed by atoms with Crippen LogP contribution in [0.2, 0.25) is 5.02 Å². The Kier molecular flexibility index (Phi) is 5.93. The van der Waals surface area contributed by atoms with Crippen molar-refractivity contribution in [3.63, 3.8) is 0 Å². The Morgan fingerprint density at radius 3 is 2.79 bits per heavy atom. The summed E-state index contributed by atoms with van der Waals surface area (Å²) in [5, 5.41) is 3.52. The summed E-state index contributed by atoms with van der Waals surface area (Å²) in [5.74, 6) is 1.03. The van der Waals surface area contributed by atoms with Crippen LogP contribution < -0.4 is 10.1 Å². The standard InChI is InChI=1S/C15H21ClFNO/c16-14-10-13(6-7-15(14)17)19-9-8-18-11-12-4-2-1-3-5-12/h6-7,10,12,18H,1-5,8-9,11H2. The second-order valence-corrected chi connectivity index (χ2v) is 5.54. The molecule has 1 aromatic rings. The van der Waals surface area contributed by atoms with Crippen molar-refractivity contribution in [2.75, 3.05) is 19.7 Å². The van der Waals surface area contributed by atoms with E-state index in [1.165, 1.54) is 44.2 Å². The fourth-order valence-electron chi connectivity index (χ4n) is 2.51. The molecule has 1 aliphatic carbocycles. The van der Waals surface area contributed by atoms with Gasteiger partial charge in [0.2, 0.25) is 0 Å². The zero-order valence-corrected chi connectivity index (χ0v) is 11.9. The Balaban J connectivity index is 1.59. The maximum absolute atomic E-state index is 12.9. The van der Waals surface area contributed by atoms with Crippen molar-refractivity contribution in [3.05, 3.63) is 29.0 Å². The van der Waals surface area contributed by atoms with E-state index in [1.807, 2.05) is 0 Å². The first kappa shape index (κ1) is 14.6. The molecule has 0 heterocycles. The van der Waals surface area contributed by atoms with Crippen LogP contribution in [0.25, 0.3) is 0 Å². The highest BCUT2D eigenvalue weighted by molar-refractivity contribution is 6.30. The van der Waals surface area contributed by atoms with Crippen LogP contribution in [-0.4, -0.2) is 19.7 Å². The number of rotatable bonds is 6. The summed E-state index contributed by atoms with van der Waals surface area (Å²) >= 11 is 5.68. The summed E-state index contributed by atoms with van der Waals surface area (Å²) in [6.45, 7) is 2.47. The second kappa shape index (κ2) is 7.71. The Hall–Kier alpha value is -0.800. The molecular formula is C15H21ClFNO. The molecule has 0 bridgehead atoms. The molecule has 2 rings (SSSR count). The Labute approximate surface area is 119 Å². The third-order valence-electron chi connectivity index (χ3n) is 3.60. The van der Waals surface area contributed by atoms with Gasteiger partial charge in [0.25, 0.3) is 0 Å². The number of halogens is 2. The monoisotopic (exact) mass is 285 g/mol. The summed E-state index contributed by atoms with van der Waals surface area (Å²) in [6.07, 6.45) is 6.83. The van der Waals surface area contributed by atoms with Crippen LogP contribution in [0.1, 0.15) is 32.1 Å². The highest BCUT2D eigenvalue weighted by Gasteiger charge is 2.12. The highest BCUT2D eigenvalue weighted by Crippen LogP contribution is 2.23. The summed E-state index contributed by atoms with van der Waals surface area (Å²) in [6, 6.07) is 4.44. The maximum Gasteiger partial charge on any atom is 0.142 e. The molecule has 1 saturated carbocycles. The van der Waals surface area contributed by atoms with Gasteiger partial charge < -0.3 is 10.1 Å². The van der Waals surface area contributed by atoms with Gasteiger partial charge in [-0.25, -0.2) is 4.39 Å². The molecule has 19 heavy (non-hydrogen) atoms. The van der Waals surface area contributed by atoms with Crippen molar-refractivity contribution in [1.82, 2.24) is 5.32 Å². The third kappa shape index (κ3) is 5.00. The van der Waals surface area contributed by atoms with E-state index >= 15 is 0 Å². The number of hydrogen-bond acceptors (Lipinski definition) is 2. The molecule has 0 amide bonds. The third-order valence-corrected chi connectivity index (χ3v) is 3.89. The van der Waals surface area contributed by atoms with Crippen molar-refractivity contribution >= 4 is 11.6 Å². The first-order valence-electron chi connectivity index (χ1n) is 7.04. The molecule has 0 unspecified atom stereocenters. The van der Waals surface area contributed by atoms with Crippen molar-refractivity contribution in [2.45, 2.75) is 32.1 Å². The van der Waals surface area contributed by atoms with E-state index < -0.39 is 5.82 Å². The van der Waals surface area contributed by atoms with Crippen LogP contribution in [0, 0.1) is 11.7 Å². The smallest absolute Gasteiger partial charge is 0.142 e. The molecular weight excluding hydrogens is 265 g/mol. The number of nitrogens with one attached hydrogen (secondary N) is 1. The van der Waals surface area contributed by atoms with Crippen LogP contribution in [0.15, 0.2) is 18.2 Å². The highest BCUT2D eigenvalue weighted by atomic mass is 35.5. The summed E-state index contributed by atoms with van der Waals surface area (Å²) < 4.78 is 18.5. The molecule has 0 atom stereocenters. The van der Waals surface area contributed by atoms with E-state index in [1.54, 1.807) is 6.07 Å². The minimum atomic E-state index is -0.413. The zero-order valence-electron chi connectivity index (χ0n) is 11.1. The number of benzene rings is 1. The molecule has 0 radical (unpaired) electrons. The minimum Gasteiger partial charge on any atom is -0.492 e. The lowest BCUT2D eigenvalue weighted by Gasteiger charge is -2.21. The molecule has 0 spiro atoms. The Bertz CT molecular complexity index is 394. The fourth-order valence-corrected chi connectivity index (χ4v) is 2.68. The van der Waals surface area contributed by atoms with Crippen LogP contribution in [0.5, 0.6) is 5.75 Å². The first-order chi connectivity index (χ1) is 9.25. The molecule has 1 aliphatic rings. The van der Waals surface area contributed by atoms with Gasteiger partial charge in [-0.15, -0.1) is 0 Å². The quantitative estimate of drug-likeness (QED) is 0.797. The largest absolute Gasteiger partial charge is 0.492 e. The molecule has 2 nitrogen and oxygen atoms in total. The lowest BCUT2D eigenvalue weighted by Crippen LogP contribution is -2.28. The first-order valence-corrected chi connectivity index (χ1v) is 7.42. The number of hydrogen-bond donors (Lipinski definition) is 1. The van der Waals surface area contributed by atoms with Crippen LogP contribution in [-0.2, 0) is 0 Å². The Morgan fingerprint density at radius 1 is 1.26 bits per heavy atom. The van der Waals surface area contributed by atoms with Crippen LogP contribution in [0.4, 0.5) is 4.39 Å². The number of ether oxygens (including phenoxy) is 1. The molecule has 1 N–H and O–H groups in total. The molecule has 1 fully saturated rings. The van der Waals surface area contributed by atoms with E-state index in [0.29, 0.717) is 12.4 Å². The lowest BCUT2D eigenvalue weighted by atomic mass is 9.89. The average molecular weight is 286 g/mol. The second-order valence-electron chi connectivity index (χ2n) is 5.13. The van der Waals surface area contributed by atoms with Gasteiger partial charge in [0.05, 0.1) is 5.02 Å². The fraction of sp³-hybridized carbons (Fsp3) is 0.600. The molecule has 106 valence electrons. The molecule has 0 aromatic heterocycles. The van der Waals surface area contributed by atoms with E-state index in [9.17, 15) is 4.39 Å². The minimum absolute atomic E-state index is 0.104. The van der Waals surface area contributed by atoms with E-state index in [0.717, 1.165) is 19.0 Å². The molecule has 4 heteroatoms. The van der Waals surface area contributed by atoms with E-state index in [2.05, 4.69) is 5.32 Å². The van der Waals surface area contributed by atoms with Crippen molar-refractivity contribution in [3.8, 4) is 5.75 Å². The van der Waals surface area contributed by atoms with Gasteiger partial charge in [-0.1, -0.05) is 30.9 Å². The van der Waals surface area contributed by atoms with Crippen molar-refractivity contribution in [2.24, 2.45) is 5.92 Å². The van der Waals surface area contributed by atoms with E-state index in [4.69, 9.17) is 16.3 Å². The maximum atomic E-state index is 12.9. The van der Waals surface area contributed by atoms with Crippen molar-refractivity contribution < 1.29 is 9.13 Å². The van der Waals surface area contributed by atoms with Crippen LogP contribution in [0.3, 0.4) is 0 Å². The summed E-state index contributed by atoms with van der Waals surface area (Å²) in [5.41, 5.74) is 0. The van der Waals surface area contributed by atoms with Gasteiger partial charge in [0.15, 0.2) is 0 Å². The zero-order chi connectivity index (χ0) is 13.5. The topological polar surface area (TPSA) is 21.3 Å². The summed E-state index contributed by atoms with van der Waals surface area (Å²) in [4.78, 5) is 0. The van der Waals surface area contributed by atoms with Crippen LogP contribution >= 0.6 is 11.6 Å². The van der Waals surface area contributed by atoms with Gasteiger partial charge in [0.1, 0.15) is 18.2 Å². The van der Waals surface area contributed by atoms with Gasteiger partial charge in [-0.05, 0) is 37.4 Å². The van der Waals surface area contributed by atoms with Gasteiger partial charge in [-0.2, -0.15) is 0 Å². The van der Waals surface area contributed by atoms with Gasteiger partial charge >= 0.3 is 0 Å². The average Bonchev–Trinajstić information content (AvgIpc) is 2.43. The summed E-state index contributed by atoms with van der Waals surface area (Å²) in [7, 11) is 0. The molecule has 1 aromatic carbocycles. The predicted molar refractivity (Wildman–Crippen MR) is 76.3 cm³/mol. The SMILES string of the molecule is Fc1ccc(OCCNCC2CCCCC2)cc1Cl. The van der Waals surface area contributed by atoms with Gasteiger partial charge in [0, 0.05) is 12.6 Å². The van der Waals surface area contributed by atoms with Gasteiger partial charge in [-0.3, -0.25) is 0 Å².